The Morgan fingerprint density at radius 2 is 1.86 bits per heavy atom. The Morgan fingerprint density at radius 1 is 1.14 bits per heavy atom. The summed E-state index contributed by atoms with van der Waals surface area (Å²) in [5.74, 6) is 0.0917. The zero-order valence-corrected chi connectivity index (χ0v) is 11.1. The second-order valence-corrected chi connectivity index (χ2v) is 5.08. The van der Waals surface area contributed by atoms with Gasteiger partial charge in [0.15, 0.2) is 0 Å². The van der Waals surface area contributed by atoms with Gasteiger partial charge in [0.2, 0.25) is 0 Å². The number of nitro groups is 1. The van der Waals surface area contributed by atoms with E-state index < -0.39 is 4.92 Å². The first-order valence-electron chi connectivity index (χ1n) is 6.60. The quantitative estimate of drug-likeness (QED) is 0.458. The molecule has 3 rings (SSSR count). The van der Waals surface area contributed by atoms with Crippen LogP contribution in [0, 0.1) is 10.1 Å². The Balaban J connectivity index is 1.91. The monoisotopic (exact) mass is 286 g/mol. The Hall–Kier alpha value is -2.76. The molecule has 6 heteroatoms. The van der Waals surface area contributed by atoms with Crippen LogP contribution in [0.1, 0.15) is 23.6 Å². The second kappa shape index (κ2) is 4.97. The normalized spacial score (nSPS) is 16.5. The van der Waals surface area contributed by atoms with E-state index in [1.165, 1.54) is 12.1 Å². The fraction of sp³-hybridized carbons (Fsp3) is 0.200. The molecule has 6 nitrogen and oxygen atoms in total. The molecule has 0 saturated heterocycles. The van der Waals surface area contributed by atoms with E-state index in [0.29, 0.717) is 5.69 Å². The highest BCUT2D eigenvalue weighted by molar-refractivity contribution is 5.65. The molecule has 0 amide bonds. The highest BCUT2D eigenvalue weighted by Crippen LogP contribution is 2.38. The van der Waals surface area contributed by atoms with Crippen molar-refractivity contribution >= 4 is 11.4 Å². The van der Waals surface area contributed by atoms with Gasteiger partial charge in [-0.1, -0.05) is 6.07 Å². The molecule has 3 N–H and O–H groups in total. The number of nitrogens with one attached hydrogen (secondary N) is 1. The summed E-state index contributed by atoms with van der Waals surface area (Å²) in [7, 11) is 0. The topological polar surface area (TPSA) is 95.6 Å². The third-order valence-electron chi connectivity index (χ3n) is 3.71. The van der Waals surface area contributed by atoms with Crippen molar-refractivity contribution in [3.8, 4) is 11.5 Å². The van der Waals surface area contributed by atoms with Crippen LogP contribution in [-0.2, 0) is 6.42 Å². The van der Waals surface area contributed by atoms with Gasteiger partial charge in [0.05, 0.1) is 17.0 Å². The summed E-state index contributed by atoms with van der Waals surface area (Å²) in [6, 6.07) is 9.19. The van der Waals surface area contributed by atoms with Gasteiger partial charge in [0, 0.05) is 0 Å². The number of rotatable bonds is 3. The predicted molar refractivity (Wildman–Crippen MR) is 77.6 cm³/mol. The summed E-state index contributed by atoms with van der Waals surface area (Å²) in [6.07, 6.45) is 1.62. The molecule has 1 aliphatic rings. The zero-order chi connectivity index (χ0) is 15.0. The fourth-order valence-corrected chi connectivity index (χ4v) is 2.73. The van der Waals surface area contributed by atoms with Gasteiger partial charge >= 0.3 is 0 Å². The first kappa shape index (κ1) is 13.2. The maximum absolute atomic E-state index is 11.1. The second-order valence-electron chi connectivity index (χ2n) is 5.08. The first-order valence-corrected chi connectivity index (χ1v) is 6.60. The highest BCUT2D eigenvalue weighted by atomic mass is 16.6. The number of nitrogens with zero attached hydrogens (tertiary/aromatic N) is 1. The molecule has 0 saturated carbocycles. The number of hydrogen-bond acceptors (Lipinski definition) is 5. The summed E-state index contributed by atoms with van der Waals surface area (Å²) in [5.41, 5.74) is 2.31. The van der Waals surface area contributed by atoms with E-state index in [0.717, 1.165) is 30.0 Å². The van der Waals surface area contributed by atoms with Crippen molar-refractivity contribution in [3.63, 3.8) is 0 Å². The van der Waals surface area contributed by atoms with Crippen molar-refractivity contribution in [1.82, 2.24) is 0 Å². The average Bonchev–Trinajstić information content (AvgIpc) is 2.82. The van der Waals surface area contributed by atoms with Gasteiger partial charge in [0.25, 0.3) is 5.69 Å². The van der Waals surface area contributed by atoms with E-state index >= 15 is 0 Å². The van der Waals surface area contributed by atoms with Crippen LogP contribution in [0.4, 0.5) is 11.4 Å². The number of nitro benzene ring substituents is 1. The molecular weight excluding hydrogens is 272 g/mol. The molecule has 2 aromatic rings. The largest absolute Gasteiger partial charge is 0.508 e. The Labute approximate surface area is 120 Å². The van der Waals surface area contributed by atoms with Crippen molar-refractivity contribution in [3.05, 3.63) is 57.6 Å². The lowest BCUT2D eigenvalue weighted by Gasteiger charge is -2.15. The predicted octanol–water partition coefficient (Wildman–Crippen LogP) is 3.11. The van der Waals surface area contributed by atoms with Gasteiger partial charge in [-0.3, -0.25) is 10.1 Å². The van der Waals surface area contributed by atoms with Crippen LogP contribution >= 0.6 is 0 Å². The minimum atomic E-state index is -0.519. The Morgan fingerprint density at radius 3 is 2.62 bits per heavy atom. The summed E-state index contributed by atoms with van der Waals surface area (Å²) in [5, 5.41) is 33.1. The minimum Gasteiger partial charge on any atom is -0.508 e. The van der Waals surface area contributed by atoms with Gasteiger partial charge < -0.3 is 15.5 Å². The molecule has 0 radical (unpaired) electrons. The summed E-state index contributed by atoms with van der Waals surface area (Å²) >= 11 is 0. The van der Waals surface area contributed by atoms with Gasteiger partial charge in [-0.25, -0.2) is 0 Å². The van der Waals surface area contributed by atoms with Crippen LogP contribution in [0.2, 0.25) is 0 Å². The number of phenols is 2. The fourth-order valence-electron chi connectivity index (χ4n) is 2.73. The maximum Gasteiger partial charge on any atom is 0.296 e. The van der Waals surface area contributed by atoms with Gasteiger partial charge in [0.1, 0.15) is 17.2 Å². The summed E-state index contributed by atoms with van der Waals surface area (Å²) < 4.78 is 0. The lowest BCUT2D eigenvalue weighted by atomic mass is 10.1. The lowest BCUT2D eigenvalue weighted by molar-refractivity contribution is -0.384. The summed E-state index contributed by atoms with van der Waals surface area (Å²) in [6.45, 7) is 0. The summed E-state index contributed by atoms with van der Waals surface area (Å²) in [4.78, 5) is 10.5. The van der Waals surface area contributed by atoms with Gasteiger partial charge in [-0.2, -0.15) is 0 Å². The van der Waals surface area contributed by atoms with Crippen molar-refractivity contribution < 1.29 is 15.1 Å². The molecule has 0 aliphatic heterocycles. The first-order chi connectivity index (χ1) is 10.0. The smallest absolute Gasteiger partial charge is 0.296 e. The number of aromatic hydroxyl groups is 2. The average molecular weight is 286 g/mol. The van der Waals surface area contributed by atoms with Crippen LogP contribution in [0.15, 0.2) is 36.4 Å². The Bertz CT molecular complexity index is 715. The van der Waals surface area contributed by atoms with E-state index in [2.05, 4.69) is 5.32 Å². The van der Waals surface area contributed by atoms with Crippen LogP contribution in [0.25, 0.3) is 0 Å². The molecular formula is C15H14N2O4. The SMILES string of the molecule is O=[N+]([O-])c1cc(O)ccc1NC1CCc2cc(O)ccc21. The van der Waals surface area contributed by atoms with Crippen molar-refractivity contribution in [2.45, 2.75) is 18.9 Å². The Kier molecular flexibility index (Phi) is 3.13. The number of hydrogen-bond donors (Lipinski definition) is 3. The molecule has 1 atom stereocenters. The number of aryl methyl sites for hydroxylation is 1. The van der Waals surface area contributed by atoms with Crippen LogP contribution in [0.5, 0.6) is 11.5 Å². The van der Waals surface area contributed by atoms with Crippen LogP contribution in [-0.4, -0.2) is 15.1 Å². The third-order valence-corrected chi connectivity index (χ3v) is 3.71. The van der Waals surface area contributed by atoms with E-state index in [1.807, 2.05) is 6.07 Å². The molecule has 1 unspecified atom stereocenters. The standard InChI is InChI=1S/C15H14N2O4/c18-10-2-4-12-9(7-10)1-5-13(12)16-14-6-3-11(19)8-15(14)17(20)21/h2-4,6-8,13,16,18-19H,1,5H2. The van der Waals surface area contributed by atoms with Crippen LogP contribution < -0.4 is 5.32 Å². The van der Waals surface area contributed by atoms with Gasteiger partial charge in [-0.15, -0.1) is 0 Å². The van der Waals surface area contributed by atoms with Crippen LogP contribution in [0.3, 0.4) is 0 Å². The molecule has 1 aliphatic carbocycles. The molecule has 0 fully saturated rings. The minimum absolute atomic E-state index is 0.0381. The highest BCUT2D eigenvalue weighted by Gasteiger charge is 2.25. The van der Waals surface area contributed by atoms with E-state index in [4.69, 9.17) is 0 Å². The lowest BCUT2D eigenvalue weighted by Crippen LogP contribution is -2.08. The maximum atomic E-state index is 11.1. The van der Waals surface area contributed by atoms with Gasteiger partial charge in [-0.05, 0) is 48.2 Å². The molecule has 108 valence electrons. The van der Waals surface area contributed by atoms with Crippen molar-refractivity contribution in [1.29, 1.82) is 0 Å². The molecule has 2 aromatic carbocycles. The number of phenolic OH excluding ortho intramolecular Hbond substituents is 2. The number of anilines is 1. The molecule has 0 aromatic heterocycles. The van der Waals surface area contributed by atoms with Crippen molar-refractivity contribution in [2.24, 2.45) is 0 Å². The van der Waals surface area contributed by atoms with E-state index in [9.17, 15) is 20.3 Å². The molecule has 0 spiro atoms. The van der Waals surface area contributed by atoms with Crippen molar-refractivity contribution in [2.75, 3.05) is 5.32 Å². The number of fused-ring (bicyclic) bond motifs is 1. The molecule has 0 heterocycles. The third kappa shape index (κ3) is 2.47. The van der Waals surface area contributed by atoms with E-state index in [-0.39, 0.29) is 23.2 Å². The molecule has 0 bridgehead atoms. The zero-order valence-electron chi connectivity index (χ0n) is 11.1. The number of benzene rings is 2. The molecule has 21 heavy (non-hydrogen) atoms. The van der Waals surface area contributed by atoms with E-state index in [1.54, 1.807) is 12.1 Å².